The Hall–Kier alpha value is -0.820. The van der Waals surface area contributed by atoms with Crippen molar-refractivity contribution in [1.82, 2.24) is 9.62 Å². The van der Waals surface area contributed by atoms with Crippen LogP contribution in [0.4, 0.5) is 0 Å². The van der Waals surface area contributed by atoms with E-state index < -0.39 is 10.0 Å². The molecule has 2 rings (SSSR count). The van der Waals surface area contributed by atoms with Crippen LogP contribution in [0.3, 0.4) is 0 Å². The molecule has 1 N–H and O–H groups in total. The van der Waals surface area contributed by atoms with E-state index in [9.17, 15) is 8.42 Å². The molecule has 1 aromatic carbocycles. The highest BCUT2D eigenvalue weighted by Gasteiger charge is 2.16. The Bertz CT molecular complexity index is 555. The fraction of sp³-hybridized carbons (Fsp3) is 0.625. The number of hydrogen-bond acceptors (Lipinski definition) is 4. The minimum absolute atomic E-state index is 0. The number of nitrogens with one attached hydrogen (secondary N) is 1. The molecule has 0 bridgehead atoms. The van der Waals surface area contributed by atoms with Gasteiger partial charge in [-0.25, -0.2) is 13.1 Å². The predicted molar refractivity (Wildman–Crippen MR) is 94.9 cm³/mol. The topological polar surface area (TPSA) is 58.6 Å². The van der Waals surface area contributed by atoms with E-state index in [4.69, 9.17) is 4.74 Å². The lowest BCUT2D eigenvalue weighted by Crippen LogP contribution is -2.35. The number of methoxy groups -OCH3 is 1. The van der Waals surface area contributed by atoms with Crippen molar-refractivity contribution >= 4 is 22.4 Å². The Balaban J connectivity index is 0.00000264. The summed E-state index contributed by atoms with van der Waals surface area (Å²) >= 11 is 0. The molecule has 7 heteroatoms. The molecular weight excluding hydrogens is 336 g/mol. The highest BCUT2D eigenvalue weighted by molar-refractivity contribution is 7.89. The SMILES string of the molecule is COc1ccc(S(=O)(=O)NCCCN2CCC(C)CC2)cc1.Cl. The Morgan fingerprint density at radius 2 is 1.83 bits per heavy atom. The maximum atomic E-state index is 12.2. The van der Waals surface area contributed by atoms with Crippen LogP contribution in [-0.2, 0) is 10.0 Å². The first-order valence-electron chi connectivity index (χ1n) is 7.87. The van der Waals surface area contributed by atoms with Crippen molar-refractivity contribution < 1.29 is 13.2 Å². The van der Waals surface area contributed by atoms with Crippen LogP contribution < -0.4 is 9.46 Å². The number of likely N-dealkylation sites (tertiary alicyclic amines) is 1. The first-order valence-corrected chi connectivity index (χ1v) is 9.35. The summed E-state index contributed by atoms with van der Waals surface area (Å²) in [6.07, 6.45) is 3.33. The van der Waals surface area contributed by atoms with Crippen molar-refractivity contribution in [2.24, 2.45) is 5.92 Å². The van der Waals surface area contributed by atoms with Gasteiger partial charge in [-0.2, -0.15) is 0 Å². The summed E-state index contributed by atoms with van der Waals surface area (Å²) in [7, 11) is -1.86. The van der Waals surface area contributed by atoms with Crippen LogP contribution in [0, 0.1) is 5.92 Å². The number of rotatable bonds is 7. The number of benzene rings is 1. The van der Waals surface area contributed by atoms with Gasteiger partial charge in [0.1, 0.15) is 5.75 Å². The van der Waals surface area contributed by atoms with Gasteiger partial charge in [-0.1, -0.05) is 6.92 Å². The first kappa shape index (κ1) is 20.2. The van der Waals surface area contributed by atoms with Gasteiger partial charge in [0.2, 0.25) is 10.0 Å². The Morgan fingerprint density at radius 1 is 1.22 bits per heavy atom. The van der Waals surface area contributed by atoms with Crippen LogP contribution in [0.15, 0.2) is 29.2 Å². The van der Waals surface area contributed by atoms with E-state index in [1.54, 1.807) is 31.4 Å². The summed E-state index contributed by atoms with van der Waals surface area (Å²) in [6, 6.07) is 6.44. The summed E-state index contributed by atoms with van der Waals surface area (Å²) < 4.78 is 32.0. The van der Waals surface area contributed by atoms with E-state index in [0.29, 0.717) is 12.3 Å². The molecule has 0 saturated carbocycles. The normalized spacial score (nSPS) is 16.8. The van der Waals surface area contributed by atoms with Crippen molar-refractivity contribution in [3.05, 3.63) is 24.3 Å². The fourth-order valence-corrected chi connectivity index (χ4v) is 3.71. The summed E-state index contributed by atoms with van der Waals surface area (Å²) in [5.74, 6) is 1.48. The Morgan fingerprint density at radius 3 is 2.39 bits per heavy atom. The molecule has 0 atom stereocenters. The van der Waals surface area contributed by atoms with Gasteiger partial charge in [-0.05, 0) is 69.1 Å². The van der Waals surface area contributed by atoms with Crippen molar-refractivity contribution in [3.63, 3.8) is 0 Å². The zero-order valence-corrected chi connectivity index (χ0v) is 15.5. The van der Waals surface area contributed by atoms with Gasteiger partial charge in [0.05, 0.1) is 12.0 Å². The molecule has 1 heterocycles. The van der Waals surface area contributed by atoms with Crippen LogP contribution in [0.5, 0.6) is 5.75 Å². The van der Waals surface area contributed by atoms with Crippen LogP contribution in [0.2, 0.25) is 0 Å². The van der Waals surface area contributed by atoms with Crippen LogP contribution in [0.1, 0.15) is 26.2 Å². The maximum Gasteiger partial charge on any atom is 0.240 e. The highest BCUT2D eigenvalue weighted by atomic mass is 35.5. The van der Waals surface area contributed by atoms with Crippen LogP contribution >= 0.6 is 12.4 Å². The standard InChI is InChI=1S/C16H26N2O3S.ClH/c1-14-8-12-18(13-9-14)11-3-10-17-22(19,20)16-6-4-15(21-2)5-7-16;/h4-7,14,17H,3,8-13H2,1-2H3;1H. The third-order valence-electron chi connectivity index (χ3n) is 4.19. The smallest absolute Gasteiger partial charge is 0.240 e. The molecule has 0 unspecified atom stereocenters. The van der Waals surface area contributed by atoms with Crippen LogP contribution in [0.25, 0.3) is 0 Å². The van der Waals surface area contributed by atoms with Gasteiger partial charge in [0.15, 0.2) is 0 Å². The van der Waals surface area contributed by atoms with Crippen molar-refractivity contribution in [3.8, 4) is 5.75 Å². The average Bonchev–Trinajstić information content (AvgIpc) is 2.53. The molecule has 1 aromatic rings. The van der Waals surface area contributed by atoms with Gasteiger partial charge in [0, 0.05) is 6.54 Å². The van der Waals surface area contributed by atoms with Crippen LogP contribution in [-0.4, -0.2) is 46.6 Å². The van der Waals surface area contributed by atoms with E-state index >= 15 is 0 Å². The molecule has 132 valence electrons. The third kappa shape index (κ3) is 6.30. The molecular formula is C16H27ClN2O3S. The monoisotopic (exact) mass is 362 g/mol. The van der Waals surface area contributed by atoms with Gasteiger partial charge >= 0.3 is 0 Å². The van der Waals surface area contributed by atoms with E-state index in [2.05, 4.69) is 16.5 Å². The number of halogens is 1. The van der Waals surface area contributed by atoms with E-state index in [0.717, 1.165) is 32.0 Å². The average molecular weight is 363 g/mol. The maximum absolute atomic E-state index is 12.2. The minimum Gasteiger partial charge on any atom is -0.497 e. The lowest BCUT2D eigenvalue weighted by Gasteiger charge is -2.30. The Kier molecular flexibility index (Phi) is 8.33. The number of nitrogens with zero attached hydrogens (tertiary/aromatic N) is 1. The predicted octanol–water partition coefficient (Wildman–Crippen LogP) is 2.52. The first-order chi connectivity index (χ1) is 10.5. The lowest BCUT2D eigenvalue weighted by molar-refractivity contribution is 0.191. The van der Waals surface area contributed by atoms with E-state index in [1.807, 2.05) is 0 Å². The highest BCUT2D eigenvalue weighted by Crippen LogP contribution is 2.16. The van der Waals surface area contributed by atoms with Gasteiger partial charge in [0.25, 0.3) is 0 Å². The lowest BCUT2D eigenvalue weighted by atomic mass is 9.99. The Labute approximate surface area is 145 Å². The number of hydrogen-bond donors (Lipinski definition) is 1. The summed E-state index contributed by atoms with van der Waals surface area (Å²) in [4.78, 5) is 2.70. The fourth-order valence-electron chi connectivity index (χ4n) is 2.63. The van der Waals surface area contributed by atoms with E-state index in [1.165, 1.54) is 12.8 Å². The third-order valence-corrected chi connectivity index (χ3v) is 5.67. The second kappa shape index (κ2) is 9.47. The molecule has 5 nitrogen and oxygen atoms in total. The quantitative estimate of drug-likeness (QED) is 0.757. The van der Waals surface area contributed by atoms with Gasteiger partial charge in [-0.3, -0.25) is 0 Å². The zero-order chi connectivity index (χ0) is 16.0. The molecule has 1 saturated heterocycles. The molecule has 0 aliphatic carbocycles. The molecule has 0 radical (unpaired) electrons. The summed E-state index contributed by atoms with van der Waals surface area (Å²) in [6.45, 7) is 5.98. The second-order valence-corrected chi connectivity index (χ2v) is 7.72. The summed E-state index contributed by atoms with van der Waals surface area (Å²) in [5, 5.41) is 0. The molecule has 1 aliphatic heterocycles. The molecule has 23 heavy (non-hydrogen) atoms. The second-order valence-electron chi connectivity index (χ2n) is 5.95. The van der Waals surface area contributed by atoms with Crippen molar-refractivity contribution in [2.45, 2.75) is 31.1 Å². The van der Waals surface area contributed by atoms with Crippen molar-refractivity contribution in [1.29, 1.82) is 0 Å². The largest absolute Gasteiger partial charge is 0.497 e. The molecule has 0 spiro atoms. The molecule has 0 aromatic heterocycles. The van der Waals surface area contributed by atoms with Crippen molar-refractivity contribution in [2.75, 3.05) is 33.3 Å². The number of ether oxygens (including phenoxy) is 1. The number of piperidine rings is 1. The molecule has 1 fully saturated rings. The summed E-state index contributed by atoms with van der Waals surface area (Å²) in [5.41, 5.74) is 0. The van der Waals surface area contributed by atoms with E-state index in [-0.39, 0.29) is 17.3 Å². The molecule has 0 amide bonds. The minimum atomic E-state index is -3.42. The van der Waals surface area contributed by atoms with Gasteiger partial charge in [-0.15, -0.1) is 12.4 Å². The van der Waals surface area contributed by atoms with Gasteiger partial charge < -0.3 is 9.64 Å². The number of sulfonamides is 1. The molecule has 1 aliphatic rings. The zero-order valence-electron chi connectivity index (χ0n) is 13.8.